The Morgan fingerprint density at radius 2 is 2.05 bits per heavy atom. The Morgan fingerprint density at radius 3 is 2.74 bits per heavy atom. The largest absolute Gasteiger partial charge is 0.389 e. The maximum atomic E-state index is 9.90. The van der Waals surface area contributed by atoms with Crippen LogP contribution in [-0.4, -0.2) is 22.2 Å². The van der Waals surface area contributed by atoms with Crippen molar-refractivity contribution in [2.24, 2.45) is 0 Å². The fourth-order valence-electron chi connectivity index (χ4n) is 1.70. The van der Waals surface area contributed by atoms with E-state index in [0.717, 1.165) is 22.7 Å². The van der Waals surface area contributed by atoms with Gasteiger partial charge in [-0.1, -0.05) is 37.3 Å². The molecule has 0 radical (unpaired) electrons. The lowest BCUT2D eigenvalue weighted by molar-refractivity contribution is 0.0555. The van der Waals surface area contributed by atoms with E-state index in [2.05, 4.69) is 27.8 Å². The molecule has 1 heterocycles. The molecule has 0 saturated heterocycles. The van der Waals surface area contributed by atoms with E-state index in [1.165, 1.54) is 0 Å². The van der Waals surface area contributed by atoms with E-state index >= 15 is 0 Å². The first kappa shape index (κ1) is 14.2. The van der Waals surface area contributed by atoms with Gasteiger partial charge in [0.2, 0.25) is 0 Å². The molecule has 2 rings (SSSR count). The van der Waals surface area contributed by atoms with Gasteiger partial charge in [-0.05, 0) is 13.3 Å². The summed E-state index contributed by atoms with van der Waals surface area (Å²) in [6.45, 7) is 5.12. The number of hydrogen-bond acceptors (Lipinski definition) is 4. The maximum absolute atomic E-state index is 9.90. The van der Waals surface area contributed by atoms with E-state index in [0.29, 0.717) is 13.1 Å². The average molecular weight is 276 g/mol. The third-order valence-corrected chi connectivity index (χ3v) is 4.01. The molecule has 0 saturated carbocycles. The highest BCUT2D eigenvalue weighted by atomic mass is 32.1. The van der Waals surface area contributed by atoms with E-state index in [1.54, 1.807) is 11.3 Å². The Morgan fingerprint density at radius 1 is 1.32 bits per heavy atom. The van der Waals surface area contributed by atoms with Crippen LogP contribution in [0.5, 0.6) is 0 Å². The zero-order valence-electron chi connectivity index (χ0n) is 11.4. The topological polar surface area (TPSA) is 45.1 Å². The third kappa shape index (κ3) is 4.13. The van der Waals surface area contributed by atoms with E-state index in [9.17, 15) is 5.11 Å². The quantitative estimate of drug-likeness (QED) is 0.852. The first-order valence-electron chi connectivity index (χ1n) is 6.53. The molecule has 4 heteroatoms. The van der Waals surface area contributed by atoms with Crippen molar-refractivity contribution in [1.82, 2.24) is 10.3 Å². The monoisotopic (exact) mass is 276 g/mol. The van der Waals surface area contributed by atoms with Gasteiger partial charge in [-0.25, -0.2) is 4.98 Å². The van der Waals surface area contributed by atoms with Gasteiger partial charge in [0.05, 0.1) is 11.3 Å². The van der Waals surface area contributed by atoms with E-state index in [-0.39, 0.29) is 0 Å². The van der Waals surface area contributed by atoms with Crippen molar-refractivity contribution < 1.29 is 5.11 Å². The second-order valence-corrected chi connectivity index (χ2v) is 5.89. The number of nitrogens with zero attached hydrogens (tertiary/aromatic N) is 1. The van der Waals surface area contributed by atoms with Crippen LogP contribution in [0.4, 0.5) is 0 Å². The summed E-state index contributed by atoms with van der Waals surface area (Å²) in [5, 5.41) is 16.3. The number of hydrogen-bond donors (Lipinski definition) is 2. The number of thiazole rings is 1. The molecule has 0 aliphatic rings. The molecule has 0 aliphatic carbocycles. The van der Waals surface area contributed by atoms with Crippen LogP contribution in [0.2, 0.25) is 0 Å². The first-order chi connectivity index (χ1) is 9.11. The zero-order chi connectivity index (χ0) is 13.7. The van der Waals surface area contributed by atoms with Crippen LogP contribution < -0.4 is 5.32 Å². The summed E-state index contributed by atoms with van der Waals surface area (Å²) in [7, 11) is 0. The molecule has 0 spiro atoms. The minimum absolute atomic E-state index is 0.587. The van der Waals surface area contributed by atoms with Crippen LogP contribution in [0.3, 0.4) is 0 Å². The molecule has 1 atom stereocenters. The molecule has 3 nitrogen and oxygen atoms in total. The Bertz CT molecular complexity index is 508. The fourth-order valence-corrected chi connectivity index (χ4v) is 2.47. The normalized spacial score (nSPS) is 14.3. The van der Waals surface area contributed by atoms with Gasteiger partial charge in [0.1, 0.15) is 5.01 Å². The lowest BCUT2D eigenvalue weighted by atomic mass is 10.0. The van der Waals surface area contributed by atoms with Gasteiger partial charge in [0.15, 0.2) is 0 Å². The highest BCUT2D eigenvalue weighted by molar-refractivity contribution is 7.09. The van der Waals surface area contributed by atoms with Crippen molar-refractivity contribution in [3.63, 3.8) is 0 Å². The minimum Gasteiger partial charge on any atom is -0.389 e. The van der Waals surface area contributed by atoms with Crippen LogP contribution in [0.15, 0.2) is 35.7 Å². The third-order valence-electron chi connectivity index (χ3n) is 3.17. The summed E-state index contributed by atoms with van der Waals surface area (Å²) >= 11 is 1.65. The van der Waals surface area contributed by atoms with Crippen LogP contribution in [0.1, 0.15) is 25.3 Å². The maximum Gasteiger partial charge on any atom is 0.107 e. The second-order valence-electron chi connectivity index (χ2n) is 4.95. The molecule has 102 valence electrons. The number of nitrogens with one attached hydrogen (secondary N) is 1. The summed E-state index contributed by atoms with van der Waals surface area (Å²) < 4.78 is 0. The molecule has 2 aromatic rings. The van der Waals surface area contributed by atoms with Gasteiger partial charge in [0.25, 0.3) is 0 Å². The SMILES string of the molecule is CCC(C)(O)CNCc1nc(-c2ccccc2)cs1. The average Bonchev–Trinajstić information content (AvgIpc) is 2.88. The molecule has 19 heavy (non-hydrogen) atoms. The Balaban J connectivity index is 1.92. The summed E-state index contributed by atoms with van der Waals surface area (Å²) in [6.07, 6.45) is 0.743. The first-order valence-corrected chi connectivity index (χ1v) is 7.41. The number of benzene rings is 1. The molecular formula is C15H20N2OS. The van der Waals surface area contributed by atoms with E-state index in [1.807, 2.05) is 32.0 Å². The molecule has 1 unspecified atom stereocenters. The number of aromatic nitrogens is 1. The smallest absolute Gasteiger partial charge is 0.107 e. The standard InChI is InChI=1S/C15H20N2OS/c1-3-15(2,18)11-16-9-14-17-13(10-19-14)12-7-5-4-6-8-12/h4-8,10,16,18H,3,9,11H2,1-2H3. The molecular weight excluding hydrogens is 256 g/mol. The Kier molecular flexibility index (Phi) is 4.69. The number of aliphatic hydroxyl groups is 1. The van der Waals surface area contributed by atoms with Crippen LogP contribution in [0, 0.1) is 0 Å². The van der Waals surface area contributed by atoms with Crippen LogP contribution >= 0.6 is 11.3 Å². The van der Waals surface area contributed by atoms with Crippen LogP contribution in [0.25, 0.3) is 11.3 Å². The molecule has 0 bridgehead atoms. The van der Waals surface area contributed by atoms with E-state index < -0.39 is 5.60 Å². The van der Waals surface area contributed by atoms with Gasteiger partial charge in [-0.2, -0.15) is 0 Å². The Labute approximate surface area is 118 Å². The van der Waals surface area contributed by atoms with Crippen LogP contribution in [-0.2, 0) is 6.54 Å². The van der Waals surface area contributed by atoms with Gasteiger partial charge < -0.3 is 10.4 Å². The minimum atomic E-state index is -0.639. The fraction of sp³-hybridized carbons (Fsp3) is 0.400. The summed E-state index contributed by atoms with van der Waals surface area (Å²) in [6, 6.07) is 10.2. The molecule has 0 aliphatic heterocycles. The van der Waals surface area contributed by atoms with Crippen molar-refractivity contribution >= 4 is 11.3 Å². The predicted octanol–water partition coefficient (Wildman–Crippen LogP) is 3.06. The van der Waals surface area contributed by atoms with Crippen molar-refractivity contribution in [3.8, 4) is 11.3 Å². The second kappa shape index (κ2) is 6.28. The Hall–Kier alpha value is -1.23. The number of rotatable bonds is 6. The van der Waals surface area contributed by atoms with Gasteiger partial charge in [-0.15, -0.1) is 11.3 Å². The van der Waals surface area contributed by atoms with Gasteiger partial charge >= 0.3 is 0 Å². The molecule has 0 amide bonds. The predicted molar refractivity (Wildman–Crippen MR) is 80.2 cm³/mol. The van der Waals surface area contributed by atoms with Crippen molar-refractivity contribution in [3.05, 3.63) is 40.7 Å². The summed E-state index contributed by atoms with van der Waals surface area (Å²) in [5.74, 6) is 0. The molecule has 1 aromatic heterocycles. The van der Waals surface area contributed by atoms with Gasteiger partial charge in [0, 0.05) is 24.0 Å². The lowest BCUT2D eigenvalue weighted by Crippen LogP contribution is -2.36. The van der Waals surface area contributed by atoms with Crippen molar-refractivity contribution in [1.29, 1.82) is 0 Å². The highest BCUT2D eigenvalue weighted by Crippen LogP contribution is 2.21. The van der Waals surface area contributed by atoms with Crippen molar-refractivity contribution in [2.75, 3.05) is 6.54 Å². The summed E-state index contributed by atoms with van der Waals surface area (Å²) in [4.78, 5) is 4.60. The highest BCUT2D eigenvalue weighted by Gasteiger charge is 2.16. The lowest BCUT2D eigenvalue weighted by Gasteiger charge is -2.21. The summed E-state index contributed by atoms with van der Waals surface area (Å²) in [5.41, 5.74) is 1.52. The molecule has 0 fully saturated rings. The van der Waals surface area contributed by atoms with E-state index in [4.69, 9.17) is 0 Å². The van der Waals surface area contributed by atoms with Gasteiger partial charge in [-0.3, -0.25) is 0 Å². The zero-order valence-corrected chi connectivity index (χ0v) is 12.2. The van der Waals surface area contributed by atoms with Crippen molar-refractivity contribution in [2.45, 2.75) is 32.4 Å². The molecule has 1 aromatic carbocycles. The molecule has 2 N–H and O–H groups in total.